The van der Waals surface area contributed by atoms with Gasteiger partial charge in [-0.15, -0.1) is 11.6 Å². The lowest BCUT2D eigenvalue weighted by Gasteiger charge is -2.27. The highest BCUT2D eigenvalue weighted by Gasteiger charge is 2.34. The fourth-order valence-corrected chi connectivity index (χ4v) is 3.06. The summed E-state index contributed by atoms with van der Waals surface area (Å²) in [6.07, 6.45) is 9.59. The van der Waals surface area contributed by atoms with Crippen LogP contribution in [0.3, 0.4) is 0 Å². The Kier molecular flexibility index (Phi) is 8.23. The molecule has 0 spiro atoms. The van der Waals surface area contributed by atoms with Crippen LogP contribution >= 0.6 is 11.6 Å². The van der Waals surface area contributed by atoms with Crippen LogP contribution in [0.15, 0.2) is 0 Å². The van der Waals surface area contributed by atoms with Crippen molar-refractivity contribution in [2.45, 2.75) is 63.5 Å². The van der Waals surface area contributed by atoms with Crippen LogP contribution < -0.4 is 0 Å². The summed E-state index contributed by atoms with van der Waals surface area (Å²) < 4.78 is 0. The minimum absolute atomic E-state index is 0.0987. The van der Waals surface area contributed by atoms with E-state index in [2.05, 4.69) is 23.8 Å². The maximum absolute atomic E-state index is 9.08. The van der Waals surface area contributed by atoms with Crippen molar-refractivity contribution in [1.29, 1.82) is 0 Å². The van der Waals surface area contributed by atoms with Crippen LogP contribution in [0.4, 0.5) is 0 Å². The molecule has 1 N–H and O–H groups in total. The van der Waals surface area contributed by atoms with Gasteiger partial charge in [-0.3, -0.25) is 9.80 Å². The van der Waals surface area contributed by atoms with Crippen molar-refractivity contribution < 1.29 is 5.11 Å². The van der Waals surface area contributed by atoms with E-state index >= 15 is 0 Å². The molecule has 0 aromatic heterocycles. The first kappa shape index (κ1) is 16.2. The van der Waals surface area contributed by atoms with E-state index in [0.29, 0.717) is 6.17 Å². The van der Waals surface area contributed by atoms with Crippen molar-refractivity contribution in [3.8, 4) is 0 Å². The van der Waals surface area contributed by atoms with Gasteiger partial charge in [-0.2, -0.15) is 0 Å². The van der Waals surface area contributed by atoms with Crippen molar-refractivity contribution in [2.24, 2.45) is 0 Å². The average Bonchev–Trinajstić information content (AvgIpc) is 2.61. The third-order valence-corrected chi connectivity index (χ3v) is 4.37. The van der Waals surface area contributed by atoms with Gasteiger partial charge < -0.3 is 5.11 Å². The second-order valence-electron chi connectivity index (χ2n) is 5.36. The number of likely N-dealkylation sites (N-methyl/N-ethyl adjacent to an activating group) is 1. The van der Waals surface area contributed by atoms with Crippen LogP contribution in [0.2, 0.25) is 0 Å². The number of alkyl halides is 1. The molecule has 1 heterocycles. The standard InChI is InChI=1S/C14H29ClN2O/c1-3-4-5-6-7-8-9-14-16(2)13(15)12-17(14)10-11-18/h13-14,18H,3-12H2,1-2H3. The summed E-state index contributed by atoms with van der Waals surface area (Å²) in [7, 11) is 2.09. The summed E-state index contributed by atoms with van der Waals surface area (Å²) in [4.78, 5) is 4.55. The van der Waals surface area contributed by atoms with Crippen LogP contribution in [-0.4, -0.2) is 53.3 Å². The van der Waals surface area contributed by atoms with Crippen LogP contribution in [0.5, 0.6) is 0 Å². The molecule has 0 radical (unpaired) electrons. The van der Waals surface area contributed by atoms with Crippen LogP contribution in [0.1, 0.15) is 51.9 Å². The number of hydrogen-bond donors (Lipinski definition) is 1. The molecule has 1 rings (SSSR count). The largest absolute Gasteiger partial charge is 0.395 e. The van der Waals surface area contributed by atoms with Gasteiger partial charge in [-0.25, -0.2) is 0 Å². The van der Waals surface area contributed by atoms with Gasteiger partial charge in [0.05, 0.1) is 18.3 Å². The van der Waals surface area contributed by atoms with E-state index in [1.165, 1.54) is 44.9 Å². The first-order chi connectivity index (χ1) is 8.70. The predicted octanol–water partition coefficient (Wildman–Crippen LogP) is 2.87. The Hall–Kier alpha value is 0.170. The van der Waals surface area contributed by atoms with Crippen molar-refractivity contribution >= 4 is 11.6 Å². The predicted molar refractivity (Wildman–Crippen MR) is 77.8 cm³/mol. The van der Waals surface area contributed by atoms with Crippen molar-refractivity contribution in [3.63, 3.8) is 0 Å². The zero-order valence-electron chi connectivity index (χ0n) is 11.9. The summed E-state index contributed by atoms with van der Waals surface area (Å²) in [5.74, 6) is 0. The van der Waals surface area contributed by atoms with E-state index in [1.54, 1.807) is 0 Å². The van der Waals surface area contributed by atoms with Gasteiger partial charge in [-0.1, -0.05) is 45.4 Å². The van der Waals surface area contributed by atoms with Crippen LogP contribution in [-0.2, 0) is 0 Å². The lowest BCUT2D eigenvalue weighted by atomic mass is 10.1. The van der Waals surface area contributed by atoms with Crippen LogP contribution in [0.25, 0.3) is 0 Å². The molecular weight excluding hydrogens is 248 g/mol. The number of halogens is 1. The summed E-state index contributed by atoms with van der Waals surface area (Å²) in [5, 5.41) is 9.08. The van der Waals surface area contributed by atoms with Gasteiger partial charge >= 0.3 is 0 Å². The fraction of sp³-hybridized carbons (Fsp3) is 1.00. The van der Waals surface area contributed by atoms with Gasteiger partial charge in [-0.05, 0) is 13.5 Å². The molecule has 2 unspecified atom stereocenters. The highest BCUT2D eigenvalue weighted by atomic mass is 35.5. The molecule has 0 aromatic rings. The molecule has 2 atom stereocenters. The van der Waals surface area contributed by atoms with E-state index in [1.807, 2.05) is 0 Å². The molecule has 0 bridgehead atoms. The number of nitrogens with zero attached hydrogens (tertiary/aromatic N) is 2. The maximum atomic E-state index is 9.08. The Morgan fingerprint density at radius 1 is 1.17 bits per heavy atom. The Labute approximate surface area is 117 Å². The Balaban J connectivity index is 2.21. The maximum Gasteiger partial charge on any atom is 0.0989 e. The monoisotopic (exact) mass is 276 g/mol. The summed E-state index contributed by atoms with van der Waals surface area (Å²) in [6, 6.07) is 0. The summed E-state index contributed by atoms with van der Waals surface area (Å²) in [6.45, 7) is 4.10. The third kappa shape index (κ3) is 5.04. The van der Waals surface area contributed by atoms with Gasteiger partial charge in [0.25, 0.3) is 0 Å². The van der Waals surface area contributed by atoms with Crippen molar-refractivity contribution in [2.75, 3.05) is 26.7 Å². The molecule has 1 saturated heterocycles. The molecule has 0 aliphatic carbocycles. The van der Waals surface area contributed by atoms with Crippen LogP contribution in [0, 0.1) is 0 Å². The lowest BCUT2D eigenvalue weighted by molar-refractivity contribution is 0.118. The quantitative estimate of drug-likeness (QED) is 0.399. The molecule has 1 aliphatic heterocycles. The molecule has 3 nitrogen and oxygen atoms in total. The molecule has 0 amide bonds. The van der Waals surface area contributed by atoms with Crippen molar-refractivity contribution in [1.82, 2.24) is 9.80 Å². The van der Waals surface area contributed by atoms with E-state index in [9.17, 15) is 0 Å². The Morgan fingerprint density at radius 3 is 2.50 bits per heavy atom. The van der Waals surface area contributed by atoms with Gasteiger partial charge in [0, 0.05) is 13.1 Å². The van der Waals surface area contributed by atoms with E-state index in [0.717, 1.165) is 13.1 Å². The molecule has 108 valence electrons. The lowest BCUT2D eigenvalue weighted by Crippen LogP contribution is -2.38. The van der Waals surface area contributed by atoms with Gasteiger partial charge in [0.1, 0.15) is 0 Å². The van der Waals surface area contributed by atoms with E-state index in [4.69, 9.17) is 16.7 Å². The Bertz CT molecular complexity index is 216. The molecule has 18 heavy (non-hydrogen) atoms. The molecule has 0 saturated carbocycles. The SMILES string of the molecule is CCCCCCCCC1N(CCO)CC(Cl)N1C. The first-order valence-corrected chi connectivity index (χ1v) is 7.85. The third-order valence-electron chi connectivity index (χ3n) is 3.92. The molecule has 0 aromatic carbocycles. The highest BCUT2D eigenvalue weighted by molar-refractivity contribution is 6.20. The molecular formula is C14H29ClN2O. The highest BCUT2D eigenvalue weighted by Crippen LogP contribution is 2.25. The number of aliphatic hydroxyl groups excluding tert-OH is 1. The van der Waals surface area contributed by atoms with Gasteiger partial charge in [0.15, 0.2) is 0 Å². The number of aliphatic hydroxyl groups is 1. The molecule has 4 heteroatoms. The number of rotatable bonds is 9. The second kappa shape index (κ2) is 9.13. The zero-order chi connectivity index (χ0) is 13.4. The fourth-order valence-electron chi connectivity index (χ4n) is 2.75. The minimum Gasteiger partial charge on any atom is -0.395 e. The van der Waals surface area contributed by atoms with E-state index in [-0.39, 0.29) is 12.1 Å². The number of β-amino-alcohol motifs (C(OH)–C–C–N with tert-alkyl or cyclic N) is 1. The Morgan fingerprint density at radius 2 is 1.83 bits per heavy atom. The zero-order valence-corrected chi connectivity index (χ0v) is 12.7. The topological polar surface area (TPSA) is 26.7 Å². The van der Waals surface area contributed by atoms with Crippen molar-refractivity contribution in [3.05, 3.63) is 0 Å². The molecule has 1 fully saturated rings. The van der Waals surface area contributed by atoms with E-state index < -0.39 is 0 Å². The smallest absolute Gasteiger partial charge is 0.0989 e. The number of unbranched alkanes of at least 4 members (excludes halogenated alkanes) is 5. The minimum atomic E-state index is 0.0987. The average molecular weight is 277 g/mol. The normalized spacial score (nSPS) is 26.0. The van der Waals surface area contributed by atoms with Gasteiger partial charge in [0.2, 0.25) is 0 Å². The number of hydrogen-bond acceptors (Lipinski definition) is 3. The summed E-state index contributed by atoms with van der Waals surface area (Å²) in [5.41, 5.74) is 0.0987. The second-order valence-corrected chi connectivity index (χ2v) is 5.86. The first-order valence-electron chi connectivity index (χ1n) is 7.41. The molecule has 1 aliphatic rings. The summed E-state index contributed by atoms with van der Waals surface area (Å²) >= 11 is 6.27.